The normalized spacial score (nSPS) is 10.1. The topological polar surface area (TPSA) is 75.6 Å². The largest absolute Gasteiger partial charge is 0.497 e. The summed E-state index contributed by atoms with van der Waals surface area (Å²) in [4.78, 5) is 22.7. The number of aryl methyl sites for hydroxylation is 1. The SMILES string of the molecule is COc1cccc(C(=O)Nc2ccc(CCCC(=O)O)cc2)c1. The van der Waals surface area contributed by atoms with Crippen LogP contribution in [-0.2, 0) is 11.2 Å². The zero-order valence-electron chi connectivity index (χ0n) is 12.9. The average molecular weight is 313 g/mol. The van der Waals surface area contributed by atoms with Gasteiger partial charge in [-0.05, 0) is 48.7 Å². The molecule has 0 aliphatic rings. The molecule has 5 heteroatoms. The Kier molecular flexibility index (Phi) is 5.74. The van der Waals surface area contributed by atoms with Crippen molar-refractivity contribution in [2.24, 2.45) is 0 Å². The van der Waals surface area contributed by atoms with Crippen LogP contribution in [0.4, 0.5) is 5.69 Å². The maximum absolute atomic E-state index is 12.2. The summed E-state index contributed by atoms with van der Waals surface area (Å²) in [5, 5.41) is 11.4. The number of carboxylic acid groups (broad SMARTS) is 1. The number of carbonyl (C=O) groups excluding carboxylic acids is 1. The van der Waals surface area contributed by atoms with Crippen molar-refractivity contribution in [2.45, 2.75) is 19.3 Å². The van der Waals surface area contributed by atoms with E-state index in [2.05, 4.69) is 5.32 Å². The van der Waals surface area contributed by atoms with Crippen LogP contribution in [0, 0.1) is 0 Å². The molecular formula is C18H19NO4. The van der Waals surface area contributed by atoms with Crippen LogP contribution in [0.15, 0.2) is 48.5 Å². The van der Waals surface area contributed by atoms with Gasteiger partial charge in [-0.15, -0.1) is 0 Å². The first-order valence-electron chi connectivity index (χ1n) is 7.34. The molecule has 2 aromatic rings. The molecular weight excluding hydrogens is 294 g/mol. The third kappa shape index (κ3) is 5.14. The number of carboxylic acids is 1. The van der Waals surface area contributed by atoms with E-state index in [1.165, 1.54) is 0 Å². The van der Waals surface area contributed by atoms with Crippen LogP contribution in [-0.4, -0.2) is 24.1 Å². The van der Waals surface area contributed by atoms with Crippen LogP contribution < -0.4 is 10.1 Å². The van der Waals surface area contributed by atoms with Gasteiger partial charge in [0.2, 0.25) is 0 Å². The number of aliphatic carboxylic acids is 1. The van der Waals surface area contributed by atoms with Crippen molar-refractivity contribution in [2.75, 3.05) is 12.4 Å². The summed E-state index contributed by atoms with van der Waals surface area (Å²) in [6.07, 6.45) is 1.47. The molecule has 1 amide bonds. The maximum atomic E-state index is 12.2. The van der Waals surface area contributed by atoms with E-state index in [1.54, 1.807) is 31.4 Å². The molecule has 0 fully saturated rings. The van der Waals surface area contributed by atoms with Crippen LogP contribution in [0.1, 0.15) is 28.8 Å². The minimum absolute atomic E-state index is 0.161. The van der Waals surface area contributed by atoms with E-state index in [0.717, 1.165) is 5.56 Å². The second-order valence-electron chi connectivity index (χ2n) is 5.13. The van der Waals surface area contributed by atoms with Gasteiger partial charge in [0.25, 0.3) is 5.91 Å². The summed E-state index contributed by atoms with van der Waals surface area (Å²) >= 11 is 0. The zero-order valence-corrected chi connectivity index (χ0v) is 12.9. The number of carbonyl (C=O) groups is 2. The van der Waals surface area contributed by atoms with Gasteiger partial charge in [0.05, 0.1) is 7.11 Å². The van der Waals surface area contributed by atoms with Crippen molar-refractivity contribution in [1.29, 1.82) is 0 Å². The van der Waals surface area contributed by atoms with E-state index in [4.69, 9.17) is 9.84 Å². The van der Waals surface area contributed by atoms with Crippen molar-refractivity contribution in [3.8, 4) is 5.75 Å². The highest BCUT2D eigenvalue weighted by Crippen LogP contribution is 2.16. The molecule has 0 unspecified atom stereocenters. The molecule has 120 valence electrons. The fourth-order valence-electron chi connectivity index (χ4n) is 2.17. The zero-order chi connectivity index (χ0) is 16.7. The molecule has 2 rings (SSSR count). The van der Waals surface area contributed by atoms with Crippen molar-refractivity contribution in [3.05, 3.63) is 59.7 Å². The Balaban J connectivity index is 1.94. The molecule has 0 heterocycles. The monoisotopic (exact) mass is 313 g/mol. The predicted molar refractivity (Wildman–Crippen MR) is 88.0 cm³/mol. The van der Waals surface area contributed by atoms with E-state index >= 15 is 0 Å². The molecule has 0 aliphatic heterocycles. The number of hydrogen-bond acceptors (Lipinski definition) is 3. The number of rotatable bonds is 7. The highest BCUT2D eigenvalue weighted by molar-refractivity contribution is 6.04. The van der Waals surface area contributed by atoms with Gasteiger partial charge in [-0.2, -0.15) is 0 Å². The number of methoxy groups -OCH3 is 1. The first-order valence-corrected chi connectivity index (χ1v) is 7.34. The van der Waals surface area contributed by atoms with Crippen LogP contribution in [0.25, 0.3) is 0 Å². The standard InChI is InChI=1S/C18H19NO4/c1-23-16-6-3-5-14(12-16)18(22)19-15-10-8-13(9-11-15)4-2-7-17(20)21/h3,5-6,8-12H,2,4,7H2,1H3,(H,19,22)(H,20,21). The van der Waals surface area contributed by atoms with Gasteiger partial charge in [0, 0.05) is 17.7 Å². The quantitative estimate of drug-likeness (QED) is 0.822. The highest BCUT2D eigenvalue weighted by atomic mass is 16.5. The third-order valence-electron chi connectivity index (χ3n) is 3.40. The molecule has 5 nitrogen and oxygen atoms in total. The van der Waals surface area contributed by atoms with Gasteiger partial charge >= 0.3 is 5.97 Å². The van der Waals surface area contributed by atoms with E-state index in [-0.39, 0.29) is 12.3 Å². The predicted octanol–water partition coefficient (Wildman–Crippen LogP) is 3.35. The van der Waals surface area contributed by atoms with Gasteiger partial charge in [0.15, 0.2) is 0 Å². The van der Waals surface area contributed by atoms with Crippen LogP contribution in [0.2, 0.25) is 0 Å². The van der Waals surface area contributed by atoms with E-state index in [1.807, 2.05) is 24.3 Å². The van der Waals surface area contributed by atoms with Crippen molar-refractivity contribution in [3.63, 3.8) is 0 Å². The number of nitrogens with one attached hydrogen (secondary N) is 1. The number of hydrogen-bond donors (Lipinski definition) is 2. The molecule has 0 atom stereocenters. The summed E-state index contributed by atoms with van der Waals surface area (Å²) in [5.41, 5.74) is 2.26. The molecule has 0 bridgehead atoms. The lowest BCUT2D eigenvalue weighted by Crippen LogP contribution is -2.11. The Hall–Kier alpha value is -2.82. The Morgan fingerprint density at radius 2 is 1.87 bits per heavy atom. The van der Waals surface area contributed by atoms with E-state index in [9.17, 15) is 9.59 Å². The van der Waals surface area contributed by atoms with Gasteiger partial charge in [0.1, 0.15) is 5.75 Å². The fraction of sp³-hybridized carbons (Fsp3) is 0.222. The lowest BCUT2D eigenvalue weighted by Gasteiger charge is -2.07. The Morgan fingerprint density at radius 1 is 1.13 bits per heavy atom. The Labute approximate surface area is 134 Å². The van der Waals surface area contributed by atoms with E-state index in [0.29, 0.717) is 29.8 Å². The molecule has 0 radical (unpaired) electrons. The Bertz CT molecular complexity index is 680. The summed E-state index contributed by atoms with van der Waals surface area (Å²) in [5.74, 6) is -0.360. The van der Waals surface area contributed by atoms with Crippen molar-refractivity contribution >= 4 is 17.6 Å². The summed E-state index contributed by atoms with van der Waals surface area (Å²) in [6, 6.07) is 14.4. The highest BCUT2D eigenvalue weighted by Gasteiger charge is 2.07. The molecule has 0 saturated heterocycles. The number of amides is 1. The van der Waals surface area contributed by atoms with Gasteiger partial charge < -0.3 is 15.2 Å². The van der Waals surface area contributed by atoms with E-state index < -0.39 is 5.97 Å². The van der Waals surface area contributed by atoms with Crippen molar-refractivity contribution < 1.29 is 19.4 Å². The smallest absolute Gasteiger partial charge is 0.303 e. The second-order valence-corrected chi connectivity index (χ2v) is 5.13. The lowest BCUT2D eigenvalue weighted by atomic mass is 10.1. The number of benzene rings is 2. The van der Waals surface area contributed by atoms with Crippen LogP contribution in [0.3, 0.4) is 0 Å². The number of ether oxygens (including phenoxy) is 1. The first-order chi connectivity index (χ1) is 11.1. The minimum atomic E-state index is -0.785. The summed E-state index contributed by atoms with van der Waals surface area (Å²) in [7, 11) is 1.56. The molecule has 0 aliphatic carbocycles. The Morgan fingerprint density at radius 3 is 2.52 bits per heavy atom. The van der Waals surface area contributed by atoms with Gasteiger partial charge in [-0.25, -0.2) is 0 Å². The van der Waals surface area contributed by atoms with Gasteiger partial charge in [-0.1, -0.05) is 18.2 Å². The summed E-state index contributed by atoms with van der Waals surface area (Å²) < 4.78 is 5.10. The first kappa shape index (κ1) is 16.5. The second kappa shape index (κ2) is 7.98. The van der Waals surface area contributed by atoms with Crippen molar-refractivity contribution in [1.82, 2.24) is 0 Å². The van der Waals surface area contributed by atoms with Crippen LogP contribution in [0.5, 0.6) is 5.75 Å². The molecule has 0 saturated carbocycles. The lowest BCUT2D eigenvalue weighted by molar-refractivity contribution is -0.137. The summed E-state index contributed by atoms with van der Waals surface area (Å²) in [6.45, 7) is 0. The molecule has 0 spiro atoms. The molecule has 2 N–H and O–H groups in total. The third-order valence-corrected chi connectivity index (χ3v) is 3.40. The van der Waals surface area contributed by atoms with Crippen LogP contribution >= 0.6 is 0 Å². The molecule has 2 aromatic carbocycles. The minimum Gasteiger partial charge on any atom is -0.497 e. The van der Waals surface area contributed by atoms with Gasteiger partial charge in [-0.3, -0.25) is 9.59 Å². The fourth-order valence-corrected chi connectivity index (χ4v) is 2.17. The maximum Gasteiger partial charge on any atom is 0.303 e. The molecule has 23 heavy (non-hydrogen) atoms. The average Bonchev–Trinajstić information content (AvgIpc) is 2.56. The molecule has 0 aromatic heterocycles. The number of anilines is 1.